The van der Waals surface area contributed by atoms with Gasteiger partial charge in [0.1, 0.15) is 0 Å². The molecule has 1 N–H and O–H groups in total. The Labute approximate surface area is 107 Å². The van der Waals surface area contributed by atoms with Gasteiger partial charge in [0, 0.05) is 12.6 Å². The van der Waals surface area contributed by atoms with E-state index in [1.165, 1.54) is 57.8 Å². The molecule has 2 aliphatic rings. The average molecular weight is 239 g/mol. The largest absolute Gasteiger partial charge is 0.378 e. The lowest BCUT2D eigenvalue weighted by Crippen LogP contribution is -2.32. The van der Waals surface area contributed by atoms with Crippen LogP contribution in [-0.4, -0.2) is 25.3 Å². The summed E-state index contributed by atoms with van der Waals surface area (Å²) in [6.07, 6.45) is 12.7. The van der Waals surface area contributed by atoms with Crippen LogP contribution in [-0.2, 0) is 4.74 Å². The molecule has 17 heavy (non-hydrogen) atoms. The van der Waals surface area contributed by atoms with Gasteiger partial charge in [0.25, 0.3) is 0 Å². The molecule has 0 amide bonds. The SMILES string of the molecule is CCC(NCCCOC1CCCCC1)C1CC1. The molecule has 0 bridgehead atoms. The molecule has 2 heteroatoms. The van der Waals surface area contributed by atoms with Crippen LogP contribution in [0.2, 0.25) is 0 Å². The molecular weight excluding hydrogens is 210 g/mol. The molecule has 0 aromatic heterocycles. The van der Waals surface area contributed by atoms with Gasteiger partial charge >= 0.3 is 0 Å². The van der Waals surface area contributed by atoms with Crippen molar-refractivity contribution in [2.24, 2.45) is 5.92 Å². The van der Waals surface area contributed by atoms with E-state index >= 15 is 0 Å². The summed E-state index contributed by atoms with van der Waals surface area (Å²) in [7, 11) is 0. The summed E-state index contributed by atoms with van der Waals surface area (Å²) in [5, 5.41) is 3.69. The van der Waals surface area contributed by atoms with Crippen molar-refractivity contribution in [2.75, 3.05) is 13.2 Å². The van der Waals surface area contributed by atoms with E-state index in [-0.39, 0.29) is 0 Å². The van der Waals surface area contributed by atoms with Crippen molar-refractivity contribution in [2.45, 2.75) is 76.9 Å². The molecule has 1 atom stereocenters. The van der Waals surface area contributed by atoms with E-state index in [0.29, 0.717) is 6.10 Å². The summed E-state index contributed by atoms with van der Waals surface area (Å²) in [6.45, 7) is 4.40. The third kappa shape index (κ3) is 4.97. The van der Waals surface area contributed by atoms with E-state index in [9.17, 15) is 0 Å². The minimum absolute atomic E-state index is 0.578. The molecule has 0 heterocycles. The number of ether oxygens (including phenoxy) is 1. The fraction of sp³-hybridized carbons (Fsp3) is 1.00. The van der Waals surface area contributed by atoms with E-state index in [1.807, 2.05) is 0 Å². The van der Waals surface area contributed by atoms with E-state index in [1.54, 1.807) is 0 Å². The first-order valence-corrected chi connectivity index (χ1v) is 7.75. The first-order valence-electron chi connectivity index (χ1n) is 7.75. The van der Waals surface area contributed by atoms with Gasteiger partial charge in [-0.3, -0.25) is 0 Å². The van der Waals surface area contributed by atoms with Gasteiger partial charge in [0.15, 0.2) is 0 Å². The van der Waals surface area contributed by atoms with Gasteiger partial charge in [-0.15, -0.1) is 0 Å². The first-order chi connectivity index (χ1) is 8.40. The van der Waals surface area contributed by atoms with E-state index in [4.69, 9.17) is 4.74 Å². The Balaban J connectivity index is 1.45. The average Bonchev–Trinajstić information content (AvgIpc) is 3.19. The molecule has 0 aromatic rings. The molecule has 2 fully saturated rings. The van der Waals surface area contributed by atoms with Crippen LogP contribution in [0.5, 0.6) is 0 Å². The predicted octanol–water partition coefficient (Wildman–Crippen LogP) is 3.50. The quantitative estimate of drug-likeness (QED) is 0.655. The van der Waals surface area contributed by atoms with Gasteiger partial charge in [-0.1, -0.05) is 26.2 Å². The zero-order valence-electron chi connectivity index (χ0n) is 11.4. The summed E-state index contributed by atoms with van der Waals surface area (Å²) in [5.41, 5.74) is 0. The highest BCUT2D eigenvalue weighted by Gasteiger charge is 2.29. The van der Waals surface area contributed by atoms with Gasteiger partial charge in [0.05, 0.1) is 6.10 Å². The molecule has 2 aliphatic carbocycles. The van der Waals surface area contributed by atoms with Crippen LogP contribution in [0.25, 0.3) is 0 Å². The first kappa shape index (κ1) is 13.4. The Morgan fingerprint density at radius 2 is 1.88 bits per heavy atom. The summed E-state index contributed by atoms with van der Waals surface area (Å²) in [4.78, 5) is 0. The Morgan fingerprint density at radius 3 is 2.53 bits per heavy atom. The minimum atomic E-state index is 0.578. The number of nitrogens with one attached hydrogen (secondary N) is 1. The van der Waals surface area contributed by atoms with Crippen molar-refractivity contribution in [3.05, 3.63) is 0 Å². The maximum Gasteiger partial charge on any atom is 0.0575 e. The number of hydrogen-bond donors (Lipinski definition) is 1. The van der Waals surface area contributed by atoms with Crippen LogP contribution in [0.3, 0.4) is 0 Å². The molecule has 0 radical (unpaired) electrons. The number of hydrogen-bond acceptors (Lipinski definition) is 2. The van der Waals surface area contributed by atoms with Crippen molar-refractivity contribution < 1.29 is 4.74 Å². The second-order valence-electron chi connectivity index (χ2n) is 5.79. The van der Waals surface area contributed by atoms with Crippen molar-refractivity contribution in [3.63, 3.8) is 0 Å². The Bertz CT molecular complexity index is 197. The highest BCUT2D eigenvalue weighted by atomic mass is 16.5. The zero-order valence-corrected chi connectivity index (χ0v) is 11.4. The lowest BCUT2D eigenvalue weighted by molar-refractivity contribution is 0.0270. The van der Waals surface area contributed by atoms with Crippen LogP contribution >= 0.6 is 0 Å². The van der Waals surface area contributed by atoms with Gasteiger partial charge in [-0.2, -0.15) is 0 Å². The smallest absolute Gasteiger partial charge is 0.0575 e. The lowest BCUT2D eigenvalue weighted by Gasteiger charge is -2.22. The predicted molar refractivity (Wildman–Crippen MR) is 72.2 cm³/mol. The van der Waals surface area contributed by atoms with Crippen molar-refractivity contribution in [1.82, 2.24) is 5.32 Å². The van der Waals surface area contributed by atoms with Crippen molar-refractivity contribution in [1.29, 1.82) is 0 Å². The molecule has 0 spiro atoms. The molecule has 0 aliphatic heterocycles. The zero-order chi connectivity index (χ0) is 11.9. The van der Waals surface area contributed by atoms with E-state index < -0.39 is 0 Å². The lowest BCUT2D eigenvalue weighted by atomic mass is 9.98. The maximum atomic E-state index is 5.93. The standard InChI is InChI=1S/C15H29NO/c1-2-15(13-9-10-13)16-11-6-12-17-14-7-4-3-5-8-14/h13-16H,2-12H2,1H3. The molecule has 0 aromatic carbocycles. The molecule has 2 saturated carbocycles. The van der Waals surface area contributed by atoms with Gasteiger partial charge in [0.2, 0.25) is 0 Å². The summed E-state index contributed by atoms with van der Waals surface area (Å²) in [6, 6.07) is 0.782. The van der Waals surface area contributed by atoms with Gasteiger partial charge < -0.3 is 10.1 Å². The van der Waals surface area contributed by atoms with E-state index in [2.05, 4.69) is 12.2 Å². The van der Waals surface area contributed by atoms with E-state index in [0.717, 1.165) is 25.1 Å². The van der Waals surface area contributed by atoms with Crippen LogP contribution in [0, 0.1) is 5.92 Å². The van der Waals surface area contributed by atoms with Crippen LogP contribution in [0.15, 0.2) is 0 Å². The van der Waals surface area contributed by atoms with Crippen molar-refractivity contribution >= 4 is 0 Å². The van der Waals surface area contributed by atoms with Crippen LogP contribution in [0.1, 0.15) is 64.7 Å². The number of rotatable bonds is 8. The Morgan fingerprint density at radius 1 is 1.12 bits per heavy atom. The Kier molecular flexibility index (Phi) is 5.79. The molecule has 2 nitrogen and oxygen atoms in total. The van der Waals surface area contributed by atoms with Gasteiger partial charge in [-0.05, 0) is 51.0 Å². The molecule has 1 unspecified atom stereocenters. The highest BCUT2D eigenvalue weighted by Crippen LogP contribution is 2.33. The third-order valence-corrected chi connectivity index (χ3v) is 4.26. The third-order valence-electron chi connectivity index (χ3n) is 4.26. The van der Waals surface area contributed by atoms with Crippen molar-refractivity contribution in [3.8, 4) is 0 Å². The molecule has 2 rings (SSSR count). The molecule has 100 valence electrons. The summed E-state index contributed by atoms with van der Waals surface area (Å²) < 4.78 is 5.93. The summed E-state index contributed by atoms with van der Waals surface area (Å²) >= 11 is 0. The van der Waals surface area contributed by atoms with Crippen LogP contribution in [0.4, 0.5) is 0 Å². The Hall–Kier alpha value is -0.0800. The minimum Gasteiger partial charge on any atom is -0.378 e. The van der Waals surface area contributed by atoms with Crippen LogP contribution < -0.4 is 5.32 Å². The maximum absolute atomic E-state index is 5.93. The highest BCUT2D eigenvalue weighted by molar-refractivity contribution is 4.85. The second kappa shape index (κ2) is 7.38. The normalized spacial score (nSPS) is 23.8. The fourth-order valence-corrected chi connectivity index (χ4v) is 2.98. The molecular formula is C15H29NO. The topological polar surface area (TPSA) is 21.3 Å². The molecule has 0 saturated heterocycles. The second-order valence-corrected chi connectivity index (χ2v) is 5.79. The summed E-state index contributed by atoms with van der Waals surface area (Å²) in [5.74, 6) is 0.985. The fourth-order valence-electron chi connectivity index (χ4n) is 2.98. The van der Waals surface area contributed by atoms with Gasteiger partial charge in [-0.25, -0.2) is 0 Å². The monoisotopic (exact) mass is 239 g/mol.